The standard InChI is InChI=1S/C83H53N3/c1-2-21-54(22-3-1)56-23-18-25-58(51-56)63-27-7-13-38-76(63)84(60-46-43-55(44-47-60)57-24-19-26-61(52-57)85-77-39-14-8-31-68(77)69-32-9-15-40-78(69)85)80-50-49-62(64-28-4-5-30-67(64)80)59-45-48-66-65-29-6-11-35-72(65)83(75(66)53-59)73-36-12-17-42-81(73)86-79-41-16-10-33-70(79)71-34-20-37-74(83)82(71)86/h1-53H. The molecule has 14 aromatic carbocycles. The van der Waals surface area contributed by atoms with Crippen molar-refractivity contribution in [3.05, 3.63) is 344 Å². The predicted octanol–water partition coefficient (Wildman–Crippen LogP) is 21.8. The maximum atomic E-state index is 2.53. The van der Waals surface area contributed by atoms with Crippen LogP contribution in [0.5, 0.6) is 0 Å². The quantitative estimate of drug-likeness (QED) is 0.148. The lowest BCUT2D eigenvalue weighted by molar-refractivity contribution is 0.749. The van der Waals surface area contributed by atoms with Gasteiger partial charge in [0, 0.05) is 43.9 Å². The SMILES string of the molecule is c1ccc(-c2cccc(-c3ccccc3N(c3ccc(-c4cccc(-n5c6ccccc6c6ccccc65)c4)cc3)c3ccc(-c4ccc5c(c4)C4(c6ccccc6-5)c5ccccc5-n5c6ccccc6c6cccc4c65)c4ccccc34)c2)cc1. The average molecular weight is 1090 g/mol. The van der Waals surface area contributed by atoms with Crippen molar-refractivity contribution in [1.82, 2.24) is 9.13 Å². The second kappa shape index (κ2) is 18.9. The van der Waals surface area contributed by atoms with E-state index < -0.39 is 5.41 Å². The molecule has 0 radical (unpaired) electrons. The molecular formula is C83H53N3. The van der Waals surface area contributed by atoms with Gasteiger partial charge in [-0.05, 0) is 151 Å². The third kappa shape index (κ3) is 6.97. The van der Waals surface area contributed by atoms with Gasteiger partial charge in [-0.3, -0.25) is 0 Å². The number of para-hydroxylation sites is 6. The molecule has 18 rings (SSSR count). The summed E-state index contributed by atoms with van der Waals surface area (Å²) in [5.41, 5.74) is 27.2. The average Bonchev–Trinajstić information content (AvgIpc) is 1.49. The predicted molar refractivity (Wildman–Crippen MR) is 360 cm³/mol. The number of benzene rings is 14. The highest BCUT2D eigenvalue weighted by Crippen LogP contribution is 2.62. The van der Waals surface area contributed by atoms with Gasteiger partial charge in [0.25, 0.3) is 0 Å². The second-order valence-corrected chi connectivity index (χ2v) is 23.1. The van der Waals surface area contributed by atoms with Crippen LogP contribution in [0.25, 0.3) is 121 Å². The Labute approximate surface area is 498 Å². The van der Waals surface area contributed by atoms with E-state index in [1.807, 2.05) is 0 Å². The second-order valence-electron chi connectivity index (χ2n) is 23.1. The lowest BCUT2D eigenvalue weighted by atomic mass is 9.65. The summed E-state index contributed by atoms with van der Waals surface area (Å²) in [7, 11) is 0. The molecule has 2 aliphatic rings. The molecule has 1 spiro atoms. The van der Waals surface area contributed by atoms with Gasteiger partial charge in [0.15, 0.2) is 0 Å². The molecule has 0 amide bonds. The zero-order chi connectivity index (χ0) is 56.5. The van der Waals surface area contributed by atoms with Crippen LogP contribution in [0.1, 0.15) is 22.3 Å². The molecule has 2 aromatic heterocycles. The summed E-state index contributed by atoms with van der Waals surface area (Å²) in [6, 6.07) is 120. The van der Waals surface area contributed by atoms with E-state index in [4.69, 9.17) is 0 Å². The Morgan fingerprint density at radius 1 is 0.244 bits per heavy atom. The number of aromatic nitrogens is 2. The Bertz CT molecular complexity index is 5380. The van der Waals surface area contributed by atoms with E-state index in [0.29, 0.717) is 0 Å². The first-order valence-corrected chi connectivity index (χ1v) is 29.8. The number of rotatable bonds is 8. The Morgan fingerprint density at radius 2 is 0.744 bits per heavy atom. The van der Waals surface area contributed by atoms with E-state index in [2.05, 4.69) is 336 Å². The van der Waals surface area contributed by atoms with Gasteiger partial charge in [-0.15, -0.1) is 0 Å². The van der Waals surface area contributed by atoms with Gasteiger partial charge < -0.3 is 14.0 Å². The third-order valence-electron chi connectivity index (χ3n) is 18.7. The minimum atomic E-state index is -0.561. The Kier molecular flexibility index (Phi) is 10.6. The molecule has 3 heterocycles. The van der Waals surface area contributed by atoms with Crippen LogP contribution in [0.4, 0.5) is 17.1 Å². The largest absolute Gasteiger partial charge is 0.309 e. The summed E-state index contributed by atoms with van der Waals surface area (Å²) < 4.78 is 4.93. The molecule has 400 valence electrons. The molecular weight excluding hydrogens is 1040 g/mol. The summed E-state index contributed by atoms with van der Waals surface area (Å²) in [5, 5.41) is 7.42. The van der Waals surface area contributed by atoms with Crippen molar-refractivity contribution < 1.29 is 0 Å². The topological polar surface area (TPSA) is 13.1 Å². The molecule has 0 saturated heterocycles. The Balaban J connectivity index is 0.814. The molecule has 86 heavy (non-hydrogen) atoms. The van der Waals surface area contributed by atoms with Crippen LogP contribution in [-0.2, 0) is 5.41 Å². The third-order valence-corrected chi connectivity index (χ3v) is 18.7. The van der Waals surface area contributed by atoms with Crippen molar-refractivity contribution in [2.45, 2.75) is 5.41 Å². The first-order valence-electron chi connectivity index (χ1n) is 29.8. The van der Waals surface area contributed by atoms with Crippen molar-refractivity contribution in [1.29, 1.82) is 0 Å². The summed E-state index contributed by atoms with van der Waals surface area (Å²) in [6.07, 6.45) is 0. The summed E-state index contributed by atoms with van der Waals surface area (Å²) in [4.78, 5) is 2.49. The molecule has 1 atom stereocenters. The lowest BCUT2D eigenvalue weighted by Gasteiger charge is -2.39. The number of nitrogens with zero attached hydrogens (tertiary/aromatic N) is 3. The molecule has 0 N–H and O–H groups in total. The van der Waals surface area contributed by atoms with Gasteiger partial charge in [0.1, 0.15) is 0 Å². The Hall–Kier alpha value is -11.3. The first kappa shape index (κ1) is 48.3. The molecule has 3 nitrogen and oxygen atoms in total. The summed E-state index contributed by atoms with van der Waals surface area (Å²) >= 11 is 0. The van der Waals surface area contributed by atoms with Crippen molar-refractivity contribution >= 4 is 71.4 Å². The minimum absolute atomic E-state index is 0.561. The molecule has 0 bridgehead atoms. The number of anilines is 3. The zero-order valence-electron chi connectivity index (χ0n) is 46.9. The van der Waals surface area contributed by atoms with Crippen LogP contribution in [-0.4, -0.2) is 9.13 Å². The van der Waals surface area contributed by atoms with Crippen LogP contribution in [0, 0.1) is 0 Å². The molecule has 1 unspecified atom stereocenters. The van der Waals surface area contributed by atoms with Crippen molar-refractivity contribution in [3.63, 3.8) is 0 Å². The fourth-order valence-corrected chi connectivity index (χ4v) is 15.1. The van der Waals surface area contributed by atoms with E-state index in [1.165, 1.54) is 110 Å². The molecule has 16 aromatic rings. The van der Waals surface area contributed by atoms with Gasteiger partial charge in [0.2, 0.25) is 0 Å². The maximum absolute atomic E-state index is 2.53. The van der Waals surface area contributed by atoms with Crippen molar-refractivity contribution in [3.8, 4) is 67.0 Å². The van der Waals surface area contributed by atoms with Crippen LogP contribution in [0.15, 0.2) is 322 Å². The summed E-state index contributed by atoms with van der Waals surface area (Å²) in [5.74, 6) is 0. The van der Waals surface area contributed by atoms with Crippen LogP contribution in [0.3, 0.4) is 0 Å². The Morgan fingerprint density at radius 3 is 1.52 bits per heavy atom. The summed E-state index contributed by atoms with van der Waals surface area (Å²) in [6.45, 7) is 0. The molecule has 1 aliphatic carbocycles. The normalized spacial score (nSPS) is 13.9. The fraction of sp³-hybridized carbons (Fsp3) is 0.0120. The zero-order valence-corrected chi connectivity index (χ0v) is 46.9. The van der Waals surface area contributed by atoms with E-state index >= 15 is 0 Å². The monoisotopic (exact) mass is 1090 g/mol. The maximum Gasteiger partial charge on any atom is 0.0754 e. The first-order chi connectivity index (χ1) is 42.7. The molecule has 0 saturated carbocycles. The van der Waals surface area contributed by atoms with E-state index in [0.717, 1.165) is 50.4 Å². The van der Waals surface area contributed by atoms with Crippen LogP contribution >= 0.6 is 0 Å². The highest BCUT2D eigenvalue weighted by molar-refractivity contribution is 6.14. The number of hydrogen-bond donors (Lipinski definition) is 0. The fourth-order valence-electron chi connectivity index (χ4n) is 15.1. The van der Waals surface area contributed by atoms with Gasteiger partial charge in [-0.2, -0.15) is 0 Å². The van der Waals surface area contributed by atoms with Crippen LogP contribution in [0.2, 0.25) is 0 Å². The van der Waals surface area contributed by atoms with E-state index in [9.17, 15) is 0 Å². The van der Waals surface area contributed by atoms with E-state index in [-0.39, 0.29) is 0 Å². The molecule has 0 fully saturated rings. The molecule has 1 aliphatic heterocycles. The van der Waals surface area contributed by atoms with Crippen molar-refractivity contribution in [2.75, 3.05) is 4.90 Å². The lowest BCUT2D eigenvalue weighted by Crippen LogP contribution is -2.33. The van der Waals surface area contributed by atoms with Crippen LogP contribution < -0.4 is 4.90 Å². The molecule has 3 heteroatoms. The van der Waals surface area contributed by atoms with Gasteiger partial charge in [-0.25, -0.2) is 0 Å². The van der Waals surface area contributed by atoms with Gasteiger partial charge >= 0.3 is 0 Å². The highest BCUT2D eigenvalue weighted by Gasteiger charge is 2.51. The number of hydrogen-bond acceptors (Lipinski definition) is 1. The van der Waals surface area contributed by atoms with Gasteiger partial charge in [0.05, 0.1) is 44.5 Å². The van der Waals surface area contributed by atoms with Crippen molar-refractivity contribution in [2.24, 2.45) is 0 Å². The smallest absolute Gasteiger partial charge is 0.0754 e. The van der Waals surface area contributed by atoms with E-state index in [1.54, 1.807) is 0 Å². The highest BCUT2D eigenvalue weighted by atomic mass is 15.1. The number of fused-ring (bicyclic) bond motifs is 16. The van der Waals surface area contributed by atoms with Gasteiger partial charge in [-0.1, -0.05) is 249 Å². The minimum Gasteiger partial charge on any atom is -0.309 e.